The molecule has 1 saturated carbocycles. The van der Waals surface area contributed by atoms with Gasteiger partial charge in [0.05, 0.1) is 11.8 Å². The second-order valence-electron chi connectivity index (χ2n) is 6.26. The lowest BCUT2D eigenvalue weighted by Gasteiger charge is -2.15. The largest absolute Gasteiger partial charge is 0.352 e. The van der Waals surface area contributed by atoms with Gasteiger partial charge in [0.15, 0.2) is 11.7 Å². The number of carbonyl (C=O) groups is 2. The van der Waals surface area contributed by atoms with Crippen LogP contribution >= 0.6 is 0 Å². The van der Waals surface area contributed by atoms with Crippen molar-refractivity contribution in [3.63, 3.8) is 0 Å². The molecule has 1 atom stereocenters. The third-order valence-corrected chi connectivity index (χ3v) is 4.50. The number of benzene rings is 1. The Morgan fingerprint density at radius 1 is 1.36 bits per heavy atom. The molecule has 1 fully saturated rings. The van der Waals surface area contributed by atoms with Crippen molar-refractivity contribution >= 4 is 11.7 Å². The highest BCUT2D eigenvalue weighted by Crippen LogP contribution is 2.20. The lowest BCUT2D eigenvalue weighted by Crippen LogP contribution is -2.39. The van der Waals surface area contributed by atoms with Crippen LogP contribution in [0.3, 0.4) is 0 Å². The maximum Gasteiger partial charge on any atom is 0.245 e. The molecule has 1 N–H and O–H groups in total. The predicted molar refractivity (Wildman–Crippen MR) is 89.9 cm³/mol. The van der Waals surface area contributed by atoms with Crippen molar-refractivity contribution in [2.24, 2.45) is 5.92 Å². The number of rotatable bonds is 5. The van der Waals surface area contributed by atoms with E-state index >= 15 is 0 Å². The molecule has 1 aliphatic rings. The van der Waals surface area contributed by atoms with Crippen LogP contribution in [0.25, 0.3) is 5.69 Å². The van der Waals surface area contributed by atoms with Crippen LogP contribution in [-0.2, 0) is 4.79 Å². The maximum absolute atomic E-state index is 12.6. The molecular weight excluding hydrogens is 318 g/mol. The van der Waals surface area contributed by atoms with E-state index in [-0.39, 0.29) is 6.04 Å². The molecular formula is C18H19N5O2. The third-order valence-electron chi connectivity index (χ3n) is 4.50. The van der Waals surface area contributed by atoms with Crippen LogP contribution in [0.15, 0.2) is 30.9 Å². The first kappa shape index (κ1) is 16.8. The quantitative estimate of drug-likeness (QED) is 0.664. The average molecular weight is 337 g/mol. The molecule has 2 aromatic rings. The Hall–Kier alpha value is -3.01. The first-order valence-electron chi connectivity index (χ1n) is 8.30. The summed E-state index contributed by atoms with van der Waals surface area (Å²) in [6.45, 7) is 1.84. The van der Waals surface area contributed by atoms with Crippen LogP contribution in [0.1, 0.15) is 41.6 Å². The summed E-state index contributed by atoms with van der Waals surface area (Å²) in [6, 6.07) is 6.94. The molecule has 1 unspecified atom stereocenters. The number of ketones is 1. The summed E-state index contributed by atoms with van der Waals surface area (Å²) in [5.41, 5.74) is 1.94. The van der Waals surface area contributed by atoms with Gasteiger partial charge in [-0.3, -0.25) is 9.59 Å². The van der Waals surface area contributed by atoms with E-state index in [4.69, 9.17) is 0 Å². The van der Waals surface area contributed by atoms with Gasteiger partial charge >= 0.3 is 0 Å². The van der Waals surface area contributed by atoms with Gasteiger partial charge in [-0.2, -0.15) is 10.4 Å². The Morgan fingerprint density at radius 2 is 2.12 bits per heavy atom. The highest BCUT2D eigenvalue weighted by atomic mass is 16.2. The van der Waals surface area contributed by atoms with Gasteiger partial charge < -0.3 is 5.32 Å². The summed E-state index contributed by atoms with van der Waals surface area (Å²) in [6.07, 6.45) is 6.94. The number of aryl methyl sites for hydroxylation is 1. The molecule has 1 aromatic carbocycles. The molecule has 25 heavy (non-hydrogen) atoms. The molecule has 7 nitrogen and oxygen atoms in total. The summed E-state index contributed by atoms with van der Waals surface area (Å²) in [4.78, 5) is 28.8. The number of nitrogens with zero attached hydrogens (tertiary/aromatic N) is 4. The normalized spacial score (nSPS) is 15.5. The van der Waals surface area contributed by atoms with E-state index in [0.717, 1.165) is 36.9 Å². The molecule has 3 rings (SSSR count). The van der Waals surface area contributed by atoms with Crippen molar-refractivity contribution in [3.8, 4) is 11.8 Å². The number of aromatic nitrogens is 3. The fraction of sp³-hybridized carbons (Fsp3) is 0.389. The van der Waals surface area contributed by atoms with Crippen molar-refractivity contribution in [2.75, 3.05) is 0 Å². The first-order chi connectivity index (χ1) is 12.1. The molecule has 7 heteroatoms. The van der Waals surface area contributed by atoms with Crippen molar-refractivity contribution in [1.29, 1.82) is 5.26 Å². The van der Waals surface area contributed by atoms with Crippen LogP contribution in [-0.4, -0.2) is 32.5 Å². The van der Waals surface area contributed by atoms with Gasteiger partial charge in [-0.1, -0.05) is 12.8 Å². The zero-order chi connectivity index (χ0) is 17.8. The molecule has 0 aliphatic heterocycles. The van der Waals surface area contributed by atoms with Crippen LogP contribution in [0, 0.1) is 24.2 Å². The number of carbonyl (C=O) groups excluding carboxylic acids is 2. The van der Waals surface area contributed by atoms with Gasteiger partial charge in [-0.15, -0.1) is 0 Å². The number of hydrogen-bond donors (Lipinski definition) is 1. The molecule has 0 radical (unpaired) electrons. The molecule has 1 aromatic heterocycles. The monoisotopic (exact) mass is 337 g/mol. The Labute approximate surface area is 145 Å². The van der Waals surface area contributed by atoms with E-state index in [1.807, 2.05) is 13.0 Å². The highest BCUT2D eigenvalue weighted by Gasteiger charge is 2.30. The fourth-order valence-electron chi connectivity index (χ4n) is 3.16. The standard InChI is InChI=1S/C18H19N5O2/c1-12-8-13(6-7-16(12)23-11-20-10-21-23)17(24)15(9-19)18(25)22-14-4-2-3-5-14/h6-8,10-11,14-15H,2-5H2,1H3,(H,22,25). The van der Waals surface area contributed by atoms with Crippen LogP contribution in [0.2, 0.25) is 0 Å². The summed E-state index contributed by atoms with van der Waals surface area (Å²) < 4.78 is 1.60. The van der Waals surface area contributed by atoms with Crippen molar-refractivity contribution in [1.82, 2.24) is 20.1 Å². The van der Waals surface area contributed by atoms with E-state index < -0.39 is 17.6 Å². The number of nitriles is 1. The summed E-state index contributed by atoms with van der Waals surface area (Å²) in [5.74, 6) is -2.30. The summed E-state index contributed by atoms with van der Waals surface area (Å²) in [7, 11) is 0. The lowest BCUT2D eigenvalue weighted by atomic mass is 9.96. The molecule has 1 aliphatic carbocycles. The van der Waals surface area contributed by atoms with Crippen molar-refractivity contribution in [3.05, 3.63) is 42.0 Å². The van der Waals surface area contributed by atoms with Gasteiger partial charge in [0.25, 0.3) is 0 Å². The van der Waals surface area contributed by atoms with Crippen molar-refractivity contribution < 1.29 is 9.59 Å². The topological polar surface area (TPSA) is 101 Å². The minimum absolute atomic E-state index is 0.0765. The number of nitrogens with one attached hydrogen (secondary N) is 1. The molecule has 0 spiro atoms. The van der Waals surface area contributed by atoms with Gasteiger partial charge in [-0.05, 0) is 43.5 Å². The second kappa shape index (κ2) is 7.26. The minimum Gasteiger partial charge on any atom is -0.352 e. The van der Waals surface area contributed by atoms with Gasteiger partial charge in [0.2, 0.25) is 5.91 Å². The highest BCUT2D eigenvalue weighted by molar-refractivity contribution is 6.12. The molecule has 0 saturated heterocycles. The van der Waals surface area contributed by atoms with E-state index in [9.17, 15) is 14.9 Å². The van der Waals surface area contributed by atoms with E-state index in [2.05, 4.69) is 15.4 Å². The summed E-state index contributed by atoms with van der Waals surface area (Å²) in [5, 5.41) is 16.2. The Balaban J connectivity index is 1.77. The summed E-state index contributed by atoms with van der Waals surface area (Å²) >= 11 is 0. The maximum atomic E-state index is 12.6. The number of amides is 1. The van der Waals surface area contributed by atoms with Crippen LogP contribution in [0.4, 0.5) is 0 Å². The Morgan fingerprint density at radius 3 is 2.72 bits per heavy atom. The fourth-order valence-corrected chi connectivity index (χ4v) is 3.16. The number of Topliss-reactive ketones (excluding diaryl/α,β-unsaturated/α-hetero) is 1. The van der Waals surface area contributed by atoms with Gasteiger partial charge in [0.1, 0.15) is 12.7 Å². The van der Waals surface area contributed by atoms with Crippen LogP contribution < -0.4 is 5.32 Å². The van der Waals surface area contributed by atoms with E-state index in [1.165, 1.54) is 6.33 Å². The average Bonchev–Trinajstić information content (AvgIpc) is 3.29. The van der Waals surface area contributed by atoms with E-state index in [0.29, 0.717) is 5.56 Å². The van der Waals surface area contributed by atoms with Gasteiger partial charge in [0, 0.05) is 11.6 Å². The first-order valence-corrected chi connectivity index (χ1v) is 8.30. The second-order valence-corrected chi connectivity index (χ2v) is 6.26. The Kier molecular flexibility index (Phi) is 4.89. The van der Waals surface area contributed by atoms with E-state index in [1.54, 1.807) is 29.2 Å². The Bertz CT molecular complexity index is 816. The lowest BCUT2D eigenvalue weighted by molar-refractivity contribution is -0.122. The zero-order valence-electron chi connectivity index (χ0n) is 14.0. The van der Waals surface area contributed by atoms with Crippen LogP contribution in [0.5, 0.6) is 0 Å². The molecule has 1 heterocycles. The number of hydrogen-bond acceptors (Lipinski definition) is 5. The SMILES string of the molecule is Cc1cc(C(=O)C(C#N)C(=O)NC2CCCC2)ccc1-n1cncn1. The van der Waals surface area contributed by atoms with Crippen molar-refractivity contribution in [2.45, 2.75) is 38.6 Å². The molecule has 1 amide bonds. The smallest absolute Gasteiger partial charge is 0.245 e. The molecule has 128 valence electrons. The third kappa shape index (κ3) is 3.58. The zero-order valence-corrected chi connectivity index (χ0v) is 14.0. The molecule has 0 bridgehead atoms. The minimum atomic E-state index is -1.32. The van der Waals surface area contributed by atoms with Gasteiger partial charge in [-0.25, -0.2) is 9.67 Å². The predicted octanol–water partition coefficient (Wildman–Crippen LogP) is 1.96.